The Hall–Kier alpha value is -2.05. The fraction of sp³-hybridized carbons (Fsp3) is 0.562. The van der Waals surface area contributed by atoms with Crippen molar-refractivity contribution in [3.8, 4) is 11.5 Å². The van der Waals surface area contributed by atoms with E-state index in [0.29, 0.717) is 0 Å². The van der Waals surface area contributed by atoms with Crippen LogP contribution in [0.15, 0.2) is 18.2 Å². The van der Waals surface area contributed by atoms with E-state index in [4.69, 9.17) is 9.47 Å². The molecule has 0 saturated heterocycles. The highest BCUT2D eigenvalue weighted by atomic mass is 32.2. The molecular weight excluding hydrogens is 409 g/mol. The Bertz CT molecular complexity index is 788. The van der Waals surface area contributed by atoms with Gasteiger partial charge in [-0.25, -0.2) is 13.2 Å². The molecule has 0 atom stereocenters. The Kier molecular flexibility index (Phi) is 7.68. The van der Waals surface area contributed by atoms with Crippen LogP contribution in [0.4, 0.5) is 13.2 Å². The molecule has 12 heteroatoms. The number of rotatable bonds is 9. The van der Waals surface area contributed by atoms with Gasteiger partial charge in [0.2, 0.25) is 5.79 Å². The molecule has 0 fully saturated rings. The smallest absolute Gasteiger partial charge is 0.573 e. The number of benzene rings is 1. The van der Waals surface area contributed by atoms with Crippen LogP contribution in [0.25, 0.3) is 0 Å². The molecule has 0 spiro atoms. The topological polar surface area (TPSA) is 111 Å². The van der Waals surface area contributed by atoms with Gasteiger partial charge in [-0.1, -0.05) is 0 Å². The van der Waals surface area contributed by atoms with Gasteiger partial charge in [-0.3, -0.25) is 0 Å². The lowest BCUT2D eigenvalue weighted by molar-refractivity contribution is -0.276. The maximum absolute atomic E-state index is 12.6. The van der Waals surface area contributed by atoms with E-state index in [-0.39, 0.29) is 11.7 Å². The molecule has 1 aromatic carbocycles. The molecule has 1 rings (SSSR count). The van der Waals surface area contributed by atoms with E-state index >= 15 is 0 Å². The fourth-order valence-corrected chi connectivity index (χ4v) is 2.39. The van der Waals surface area contributed by atoms with Gasteiger partial charge in [0.05, 0.1) is 27.5 Å². The predicted molar refractivity (Wildman–Crippen MR) is 88.9 cm³/mol. The third-order valence-electron chi connectivity index (χ3n) is 2.85. The van der Waals surface area contributed by atoms with Crippen molar-refractivity contribution in [2.75, 3.05) is 12.4 Å². The Morgan fingerprint density at radius 3 is 2.25 bits per heavy atom. The lowest BCUT2D eigenvalue weighted by Crippen LogP contribution is -2.35. The van der Waals surface area contributed by atoms with Gasteiger partial charge >= 0.3 is 12.3 Å². The maximum Gasteiger partial charge on any atom is 0.573 e. The number of alkyl halides is 3. The van der Waals surface area contributed by atoms with Crippen LogP contribution in [0.5, 0.6) is 11.5 Å². The summed E-state index contributed by atoms with van der Waals surface area (Å²) >= 11 is 0. The molecule has 0 N–H and O–H groups in total. The molecule has 0 bridgehead atoms. The summed E-state index contributed by atoms with van der Waals surface area (Å²) in [6, 6.07) is 2.74. The van der Waals surface area contributed by atoms with Crippen molar-refractivity contribution in [3.63, 3.8) is 0 Å². The first-order chi connectivity index (χ1) is 12.6. The van der Waals surface area contributed by atoms with Crippen LogP contribution >= 0.6 is 0 Å². The van der Waals surface area contributed by atoms with Crippen molar-refractivity contribution in [2.45, 2.75) is 45.9 Å². The van der Waals surface area contributed by atoms with Crippen LogP contribution in [0, 0.1) is 0 Å². The first-order valence-electron chi connectivity index (χ1n) is 7.95. The maximum atomic E-state index is 12.6. The summed E-state index contributed by atoms with van der Waals surface area (Å²) in [5.74, 6) is -4.53. The first-order valence-corrected chi connectivity index (χ1v) is 9.53. The second-order valence-electron chi connectivity index (χ2n) is 6.28. The molecule has 0 aliphatic rings. The average Bonchev–Trinajstić information content (AvgIpc) is 2.44. The zero-order chi connectivity index (χ0) is 21.8. The van der Waals surface area contributed by atoms with E-state index in [1.165, 1.54) is 13.8 Å². The number of carbonyl (C=O) groups is 1. The van der Waals surface area contributed by atoms with Crippen LogP contribution in [0.3, 0.4) is 0 Å². The molecule has 8 nitrogen and oxygen atoms in total. The highest BCUT2D eigenvalue weighted by Crippen LogP contribution is 2.36. The van der Waals surface area contributed by atoms with Crippen LogP contribution in [-0.4, -0.2) is 49.6 Å². The third kappa shape index (κ3) is 9.24. The molecule has 0 radical (unpaired) electrons. The lowest BCUT2D eigenvalue weighted by atomic mass is 10.2. The normalized spacial score (nSPS) is 12.8. The summed E-state index contributed by atoms with van der Waals surface area (Å²) in [7, 11) is -4.59. The van der Waals surface area contributed by atoms with Gasteiger partial charge in [-0.2, -0.15) is 0 Å². The van der Waals surface area contributed by atoms with Crippen LogP contribution in [-0.2, 0) is 19.6 Å². The van der Waals surface area contributed by atoms with Gasteiger partial charge < -0.3 is 23.5 Å². The summed E-state index contributed by atoms with van der Waals surface area (Å²) in [6.45, 7) is 5.58. The van der Waals surface area contributed by atoms with Crippen molar-refractivity contribution in [1.29, 1.82) is 0 Å². The number of hydrogen-bond acceptors (Lipinski definition) is 8. The minimum atomic E-state index is -5.01. The van der Waals surface area contributed by atoms with Crippen LogP contribution in [0.2, 0.25) is 0 Å². The van der Waals surface area contributed by atoms with Crippen molar-refractivity contribution in [2.24, 2.45) is 0 Å². The summed E-state index contributed by atoms with van der Waals surface area (Å²) in [5.41, 5.74) is -0.242. The average molecular weight is 429 g/mol. The van der Waals surface area contributed by atoms with Crippen LogP contribution in [0.1, 0.15) is 38.1 Å². The zero-order valence-corrected chi connectivity index (χ0v) is 16.3. The molecule has 0 aliphatic heterocycles. The Morgan fingerprint density at radius 1 is 1.14 bits per heavy atom. The third-order valence-corrected chi connectivity index (χ3v) is 3.51. The second kappa shape index (κ2) is 8.97. The van der Waals surface area contributed by atoms with Gasteiger partial charge in [-0.15, -0.1) is 13.2 Å². The number of carbonyl (C=O) groups excluding carboxylic acids is 1. The molecule has 160 valence electrons. The van der Waals surface area contributed by atoms with E-state index in [2.05, 4.69) is 9.47 Å². The monoisotopic (exact) mass is 429 g/mol. The number of hydrogen-bond donors (Lipinski definition) is 0. The highest BCUT2D eigenvalue weighted by molar-refractivity contribution is 7.85. The highest BCUT2D eigenvalue weighted by Gasteiger charge is 2.34. The van der Waals surface area contributed by atoms with E-state index in [0.717, 1.165) is 18.2 Å². The standard InChI is InChI=1S/C16H21F3O8S/c1-10(2)25-15(3,4)26-13-9-11(5-6-12(13)27-16(17,18)19)14(20)24-7-8-28(21,22)23/h5-6,9-10H,7-8H2,1-4H3,(H,21,22,23)/p-1. The predicted octanol–water partition coefficient (Wildman–Crippen LogP) is 2.83. The number of halogens is 3. The molecule has 0 unspecified atom stereocenters. The molecule has 28 heavy (non-hydrogen) atoms. The zero-order valence-electron chi connectivity index (χ0n) is 15.5. The quantitative estimate of drug-likeness (QED) is 0.335. The first kappa shape index (κ1) is 24.0. The molecule has 0 saturated carbocycles. The Labute approximate surface area is 160 Å². The minimum Gasteiger partial charge on any atom is -0.748 e. The van der Waals surface area contributed by atoms with Gasteiger partial charge in [0, 0.05) is 13.8 Å². The minimum absolute atomic E-state index is 0.242. The van der Waals surface area contributed by atoms with Crippen LogP contribution < -0.4 is 9.47 Å². The van der Waals surface area contributed by atoms with Crippen molar-refractivity contribution in [3.05, 3.63) is 23.8 Å². The van der Waals surface area contributed by atoms with E-state index in [1.807, 2.05) is 0 Å². The van der Waals surface area contributed by atoms with Gasteiger partial charge in [0.15, 0.2) is 11.5 Å². The van der Waals surface area contributed by atoms with E-state index in [1.54, 1.807) is 13.8 Å². The van der Waals surface area contributed by atoms with Gasteiger partial charge in [0.25, 0.3) is 0 Å². The van der Waals surface area contributed by atoms with Gasteiger partial charge in [-0.05, 0) is 32.0 Å². The molecule has 0 heterocycles. The van der Waals surface area contributed by atoms with Crippen molar-refractivity contribution >= 4 is 16.1 Å². The molecule has 0 aliphatic carbocycles. The van der Waals surface area contributed by atoms with Gasteiger partial charge in [0.1, 0.15) is 6.61 Å². The largest absolute Gasteiger partial charge is 0.748 e. The number of ether oxygens (including phenoxy) is 4. The Morgan fingerprint density at radius 2 is 1.75 bits per heavy atom. The SMILES string of the molecule is CC(C)OC(C)(C)Oc1cc(C(=O)OCCS(=O)(=O)[O-])ccc1OC(F)(F)F. The summed E-state index contributed by atoms with van der Waals surface area (Å²) in [4.78, 5) is 12.0. The second-order valence-corrected chi connectivity index (χ2v) is 7.80. The molecule has 1 aromatic rings. The molecule has 0 aromatic heterocycles. The lowest BCUT2D eigenvalue weighted by Gasteiger charge is -2.29. The fourth-order valence-electron chi connectivity index (χ4n) is 2.10. The number of esters is 1. The van der Waals surface area contributed by atoms with E-state index in [9.17, 15) is 30.9 Å². The van der Waals surface area contributed by atoms with Crippen molar-refractivity contribution in [1.82, 2.24) is 0 Å². The summed E-state index contributed by atoms with van der Waals surface area (Å²) in [6.07, 6.45) is -5.32. The summed E-state index contributed by atoms with van der Waals surface area (Å²) in [5, 5.41) is 0. The van der Waals surface area contributed by atoms with E-state index < -0.39 is 52.1 Å². The molecule has 0 amide bonds. The summed E-state index contributed by atoms with van der Waals surface area (Å²) < 4.78 is 88.8. The molecular formula is C16H20F3O8S-. The Balaban J connectivity index is 3.10. The van der Waals surface area contributed by atoms with Crippen molar-refractivity contribution < 1.29 is 49.9 Å².